The summed E-state index contributed by atoms with van der Waals surface area (Å²) in [7, 11) is 3.26. The van der Waals surface area contributed by atoms with Gasteiger partial charge < -0.3 is 10.4 Å². The van der Waals surface area contributed by atoms with Gasteiger partial charge in [0.2, 0.25) is 5.82 Å². The molecular weight excluding hydrogens is 300 g/mol. The molecule has 0 spiro atoms. The van der Waals surface area contributed by atoms with Gasteiger partial charge in [-0.2, -0.15) is 0 Å². The average Bonchev–Trinajstić information content (AvgIpc) is 2.18. The fraction of sp³-hybridized carbons (Fsp3) is 0.444. The predicted octanol–water partition coefficient (Wildman–Crippen LogP) is -0.145. The van der Waals surface area contributed by atoms with E-state index < -0.39 is 15.9 Å². The van der Waals surface area contributed by atoms with E-state index in [1.54, 1.807) is 29.5 Å². The molecule has 0 amide bonds. The van der Waals surface area contributed by atoms with Gasteiger partial charge in [-0.05, 0) is 29.8 Å². The Bertz CT molecular complexity index is 477. The van der Waals surface area contributed by atoms with E-state index in [1.165, 1.54) is 12.3 Å². The molecule has 1 aromatic rings. The number of nitrogens with zero attached hydrogens (tertiary/aromatic N) is 2. The van der Waals surface area contributed by atoms with Crippen LogP contribution in [0.5, 0.6) is 0 Å². The highest BCUT2D eigenvalue weighted by atomic mass is 79.9. The Labute approximate surface area is 115 Å². The third-order valence-corrected chi connectivity index (χ3v) is 3.42. The molecule has 96 valence electrons. The normalized spacial score (nSPS) is 12.2. The zero-order valence-corrected chi connectivity index (χ0v) is 12.3. The van der Waals surface area contributed by atoms with Gasteiger partial charge in [0, 0.05) is 27.7 Å². The van der Waals surface area contributed by atoms with Gasteiger partial charge in [0.15, 0.2) is 0 Å². The molecule has 1 heterocycles. The first-order valence-electron chi connectivity index (χ1n) is 5.35. The molecule has 2 N–H and O–H groups in total. The number of aromatic nitrogens is 1. The third kappa shape index (κ3) is 3.23. The molecule has 18 heavy (non-hydrogen) atoms. The van der Waals surface area contributed by atoms with Crippen LogP contribution in [0.1, 0.15) is 13.8 Å². The van der Waals surface area contributed by atoms with Crippen LogP contribution in [0.3, 0.4) is 0 Å². The standard InChI is InChI=1S/C9H14B2BrN3O3/c1-8(2,9(10,11)16)14-7-6(15(17)18)3-5(12)4-13-7/h3-4,16H,10-11H2,1-2H3,(H,13,14). The number of halogens is 1. The van der Waals surface area contributed by atoms with Gasteiger partial charge in [-0.3, -0.25) is 10.1 Å². The topological polar surface area (TPSA) is 88.3 Å². The number of rotatable bonds is 4. The summed E-state index contributed by atoms with van der Waals surface area (Å²) >= 11 is 3.14. The first-order valence-corrected chi connectivity index (χ1v) is 6.14. The minimum absolute atomic E-state index is 0.135. The van der Waals surface area contributed by atoms with Gasteiger partial charge in [0.25, 0.3) is 0 Å². The Kier molecular flexibility index (Phi) is 4.07. The lowest BCUT2D eigenvalue weighted by molar-refractivity contribution is -0.384. The molecule has 1 aromatic heterocycles. The largest absolute Gasteiger partial charge is 0.405 e. The van der Waals surface area contributed by atoms with E-state index in [4.69, 9.17) is 0 Å². The second kappa shape index (κ2) is 4.89. The summed E-state index contributed by atoms with van der Waals surface area (Å²) < 4.78 is 0.529. The van der Waals surface area contributed by atoms with Crippen LogP contribution in [0.25, 0.3) is 0 Å². The predicted molar refractivity (Wildman–Crippen MR) is 78.3 cm³/mol. The highest BCUT2D eigenvalue weighted by Crippen LogP contribution is 2.29. The molecule has 0 aliphatic carbocycles. The summed E-state index contributed by atoms with van der Waals surface area (Å²) in [5, 5.41) is 22.8. The zero-order chi connectivity index (χ0) is 14.1. The van der Waals surface area contributed by atoms with E-state index >= 15 is 0 Å². The highest BCUT2D eigenvalue weighted by Gasteiger charge is 2.36. The maximum Gasteiger partial charge on any atom is 0.312 e. The summed E-state index contributed by atoms with van der Waals surface area (Å²) in [5.41, 5.74) is -0.903. The van der Waals surface area contributed by atoms with Crippen LogP contribution in [-0.4, -0.2) is 41.6 Å². The number of aliphatic hydroxyl groups is 1. The summed E-state index contributed by atoms with van der Waals surface area (Å²) in [6.45, 7) is 3.50. The maximum atomic E-state index is 11.0. The molecule has 0 aliphatic heterocycles. The summed E-state index contributed by atoms with van der Waals surface area (Å²) in [6, 6.07) is 1.37. The van der Waals surface area contributed by atoms with Crippen molar-refractivity contribution in [1.82, 2.24) is 4.98 Å². The molecule has 6 nitrogen and oxygen atoms in total. The number of pyridine rings is 1. The number of hydrogen-bond acceptors (Lipinski definition) is 5. The monoisotopic (exact) mass is 313 g/mol. The van der Waals surface area contributed by atoms with Crippen molar-refractivity contribution in [2.45, 2.75) is 24.8 Å². The van der Waals surface area contributed by atoms with E-state index in [0.29, 0.717) is 4.47 Å². The minimum Gasteiger partial charge on any atom is -0.405 e. The van der Waals surface area contributed by atoms with Crippen molar-refractivity contribution < 1.29 is 10.0 Å². The lowest BCUT2D eigenvalue weighted by atomic mass is 9.55. The summed E-state index contributed by atoms with van der Waals surface area (Å²) in [5.74, 6) is 0.135. The Hall–Kier alpha value is -1.08. The SMILES string of the molecule is BC(B)(O)C(C)(C)Nc1ncc(Br)cc1[N+](=O)[O-]. The molecule has 0 saturated carbocycles. The van der Waals surface area contributed by atoms with Crippen LogP contribution >= 0.6 is 15.9 Å². The van der Waals surface area contributed by atoms with E-state index in [9.17, 15) is 15.2 Å². The highest BCUT2D eigenvalue weighted by molar-refractivity contribution is 9.10. The van der Waals surface area contributed by atoms with E-state index in [0.717, 1.165) is 0 Å². The van der Waals surface area contributed by atoms with Gasteiger partial charge in [0.05, 0.1) is 4.92 Å². The molecule has 0 radical (unpaired) electrons. The van der Waals surface area contributed by atoms with Gasteiger partial charge >= 0.3 is 5.69 Å². The van der Waals surface area contributed by atoms with Crippen molar-refractivity contribution in [2.75, 3.05) is 5.32 Å². The number of anilines is 1. The van der Waals surface area contributed by atoms with Crippen LogP contribution in [0, 0.1) is 10.1 Å². The van der Waals surface area contributed by atoms with Crippen molar-refractivity contribution in [3.8, 4) is 0 Å². The first-order chi connectivity index (χ1) is 8.04. The van der Waals surface area contributed by atoms with Crippen LogP contribution in [0.4, 0.5) is 11.5 Å². The van der Waals surface area contributed by atoms with Crippen LogP contribution in [0.15, 0.2) is 16.7 Å². The van der Waals surface area contributed by atoms with Crippen LogP contribution in [-0.2, 0) is 0 Å². The van der Waals surface area contributed by atoms with Crippen molar-refractivity contribution in [2.24, 2.45) is 0 Å². The molecule has 0 unspecified atom stereocenters. The smallest absolute Gasteiger partial charge is 0.312 e. The van der Waals surface area contributed by atoms with Crippen LogP contribution in [0.2, 0.25) is 0 Å². The molecule has 0 fully saturated rings. The van der Waals surface area contributed by atoms with Gasteiger partial charge in [-0.1, -0.05) is 0 Å². The Morgan fingerprint density at radius 1 is 1.56 bits per heavy atom. The summed E-state index contributed by atoms with van der Waals surface area (Å²) in [6.07, 6.45) is 1.47. The van der Waals surface area contributed by atoms with Crippen molar-refractivity contribution >= 4 is 43.1 Å². The van der Waals surface area contributed by atoms with Gasteiger partial charge in [-0.15, -0.1) is 0 Å². The zero-order valence-electron chi connectivity index (χ0n) is 10.7. The molecule has 0 saturated heterocycles. The molecule has 9 heteroatoms. The minimum atomic E-state index is -1.06. The molecule has 1 rings (SSSR count). The fourth-order valence-corrected chi connectivity index (χ4v) is 1.43. The van der Waals surface area contributed by atoms with Crippen LogP contribution < -0.4 is 5.32 Å². The summed E-state index contributed by atoms with van der Waals surface area (Å²) in [4.78, 5) is 14.4. The van der Waals surface area contributed by atoms with Gasteiger partial charge in [0.1, 0.15) is 15.7 Å². The second-order valence-electron chi connectivity index (χ2n) is 5.09. The first kappa shape index (κ1) is 15.0. The van der Waals surface area contributed by atoms with E-state index in [-0.39, 0.29) is 11.5 Å². The molecule has 0 aliphatic rings. The van der Waals surface area contributed by atoms with Crippen molar-refractivity contribution in [1.29, 1.82) is 0 Å². The van der Waals surface area contributed by atoms with Crippen molar-refractivity contribution in [3.05, 3.63) is 26.9 Å². The van der Waals surface area contributed by atoms with Gasteiger partial charge in [-0.25, -0.2) is 4.98 Å². The van der Waals surface area contributed by atoms with Crippen molar-refractivity contribution in [3.63, 3.8) is 0 Å². The third-order valence-electron chi connectivity index (χ3n) is 2.99. The Balaban J connectivity index is 3.16. The second-order valence-corrected chi connectivity index (χ2v) is 6.00. The fourth-order valence-electron chi connectivity index (χ4n) is 1.11. The van der Waals surface area contributed by atoms with E-state index in [1.807, 2.05) is 0 Å². The maximum absolute atomic E-state index is 11.0. The van der Waals surface area contributed by atoms with E-state index in [2.05, 4.69) is 26.2 Å². The molecule has 0 aromatic carbocycles. The molecular formula is C9H14B2BrN3O3. The lowest BCUT2D eigenvalue weighted by Crippen LogP contribution is -2.56. The number of nitrogens with one attached hydrogen (secondary N) is 1. The number of hydrogen-bond donors (Lipinski definition) is 2. The molecule has 0 atom stereocenters. The Morgan fingerprint density at radius 2 is 2.11 bits per heavy atom. The average molecular weight is 314 g/mol. The lowest BCUT2D eigenvalue weighted by Gasteiger charge is -2.38. The Morgan fingerprint density at radius 3 is 2.56 bits per heavy atom. The molecule has 0 bridgehead atoms. The quantitative estimate of drug-likeness (QED) is 0.459. The number of nitro groups is 1.